The molecule has 1 amide bonds. The molecular formula is C20H32FIN4O4. The zero-order valence-electron chi connectivity index (χ0n) is 17.5. The van der Waals surface area contributed by atoms with Crippen LogP contribution in [-0.4, -0.2) is 73.6 Å². The SMILES string of the molecule is CCNC(=NCC(O)COc1ccc(F)cc1)NC1CCN(C(=O)OCC)CC1.I. The van der Waals surface area contributed by atoms with E-state index in [1.165, 1.54) is 24.3 Å². The molecule has 1 unspecified atom stereocenters. The van der Waals surface area contributed by atoms with Gasteiger partial charge >= 0.3 is 6.09 Å². The fourth-order valence-corrected chi connectivity index (χ4v) is 2.91. The van der Waals surface area contributed by atoms with Gasteiger partial charge in [0.15, 0.2) is 5.96 Å². The minimum absolute atomic E-state index is 0. The number of piperidine rings is 1. The average molecular weight is 538 g/mol. The van der Waals surface area contributed by atoms with E-state index in [-0.39, 0.29) is 55.1 Å². The molecular weight excluding hydrogens is 506 g/mol. The molecule has 1 aliphatic heterocycles. The Balaban J connectivity index is 0.00000450. The van der Waals surface area contributed by atoms with E-state index in [2.05, 4.69) is 15.6 Å². The number of halogens is 2. The quantitative estimate of drug-likeness (QED) is 0.267. The van der Waals surface area contributed by atoms with Crippen molar-refractivity contribution < 1.29 is 23.8 Å². The molecule has 170 valence electrons. The molecule has 1 atom stereocenters. The lowest BCUT2D eigenvalue weighted by atomic mass is 10.1. The zero-order valence-corrected chi connectivity index (χ0v) is 19.8. The van der Waals surface area contributed by atoms with Gasteiger partial charge in [-0.2, -0.15) is 0 Å². The number of rotatable bonds is 8. The largest absolute Gasteiger partial charge is 0.491 e. The number of hydrogen-bond acceptors (Lipinski definition) is 5. The van der Waals surface area contributed by atoms with Crippen molar-refractivity contribution in [1.29, 1.82) is 0 Å². The van der Waals surface area contributed by atoms with E-state index in [0.29, 0.717) is 38.0 Å². The summed E-state index contributed by atoms with van der Waals surface area (Å²) in [6.45, 7) is 6.31. The van der Waals surface area contributed by atoms with E-state index < -0.39 is 6.10 Å². The van der Waals surface area contributed by atoms with Crippen molar-refractivity contribution in [2.24, 2.45) is 4.99 Å². The summed E-state index contributed by atoms with van der Waals surface area (Å²) in [5.41, 5.74) is 0. The van der Waals surface area contributed by atoms with Gasteiger partial charge in [-0.15, -0.1) is 24.0 Å². The van der Waals surface area contributed by atoms with Crippen LogP contribution in [0.4, 0.5) is 9.18 Å². The van der Waals surface area contributed by atoms with Gasteiger partial charge in [0.2, 0.25) is 0 Å². The predicted molar refractivity (Wildman–Crippen MR) is 124 cm³/mol. The van der Waals surface area contributed by atoms with Crippen molar-refractivity contribution in [2.45, 2.75) is 38.8 Å². The molecule has 0 bridgehead atoms. The molecule has 8 nitrogen and oxygen atoms in total. The van der Waals surface area contributed by atoms with Crippen LogP contribution in [0.25, 0.3) is 0 Å². The zero-order chi connectivity index (χ0) is 21.1. The maximum Gasteiger partial charge on any atom is 0.409 e. The summed E-state index contributed by atoms with van der Waals surface area (Å²) < 4.78 is 23.4. The number of aliphatic imine (C=N–C) groups is 1. The van der Waals surface area contributed by atoms with Gasteiger partial charge in [-0.3, -0.25) is 4.99 Å². The molecule has 0 spiro atoms. The fraction of sp³-hybridized carbons (Fsp3) is 0.600. The number of aliphatic hydroxyl groups is 1. The molecule has 1 aliphatic rings. The monoisotopic (exact) mass is 538 g/mol. The molecule has 1 fully saturated rings. The number of hydrogen-bond donors (Lipinski definition) is 3. The number of nitrogens with one attached hydrogen (secondary N) is 2. The minimum Gasteiger partial charge on any atom is -0.491 e. The van der Waals surface area contributed by atoms with Gasteiger partial charge in [0.05, 0.1) is 13.2 Å². The number of likely N-dealkylation sites (tertiary alicyclic amines) is 1. The highest BCUT2D eigenvalue weighted by Crippen LogP contribution is 2.12. The fourth-order valence-electron chi connectivity index (χ4n) is 2.91. The minimum atomic E-state index is -0.791. The summed E-state index contributed by atoms with van der Waals surface area (Å²) in [6, 6.07) is 5.82. The van der Waals surface area contributed by atoms with E-state index in [1.54, 1.807) is 11.8 Å². The van der Waals surface area contributed by atoms with E-state index in [9.17, 15) is 14.3 Å². The first-order valence-corrected chi connectivity index (χ1v) is 10.0. The molecule has 0 radical (unpaired) electrons. The number of ether oxygens (including phenoxy) is 2. The second-order valence-electron chi connectivity index (χ2n) is 6.74. The summed E-state index contributed by atoms with van der Waals surface area (Å²) in [4.78, 5) is 17.9. The first kappa shape index (κ1) is 26.2. The molecule has 1 aromatic carbocycles. The second-order valence-corrected chi connectivity index (χ2v) is 6.74. The van der Waals surface area contributed by atoms with Crippen LogP contribution in [0.3, 0.4) is 0 Å². The summed E-state index contributed by atoms with van der Waals surface area (Å²) in [6.07, 6.45) is 0.524. The van der Waals surface area contributed by atoms with Gasteiger partial charge in [0, 0.05) is 25.7 Å². The maximum absolute atomic E-state index is 12.9. The number of carbonyl (C=O) groups is 1. The van der Waals surface area contributed by atoms with Crippen molar-refractivity contribution in [3.8, 4) is 5.75 Å². The molecule has 1 heterocycles. The van der Waals surface area contributed by atoms with Crippen molar-refractivity contribution in [3.63, 3.8) is 0 Å². The van der Waals surface area contributed by atoms with Crippen LogP contribution in [0, 0.1) is 5.82 Å². The van der Waals surface area contributed by atoms with Gasteiger partial charge < -0.3 is 30.1 Å². The van der Waals surface area contributed by atoms with Crippen LogP contribution < -0.4 is 15.4 Å². The van der Waals surface area contributed by atoms with Crippen LogP contribution in [0.2, 0.25) is 0 Å². The Morgan fingerprint density at radius 3 is 2.57 bits per heavy atom. The maximum atomic E-state index is 12.9. The van der Waals surface area contributed by atoms with Crippen LogP contribution >= 0.6 is 24.0 Å². The van der Waals surface area contributed by atoms with Crippen molar-refractivity contribution in [2.75, 3.05) is 39.4 Å². The average Bonchev–Trinajstić information content (AvgIpc) is 2.72. The van der Waals surface area contributed by atoms with E-state index in [1.807, 2.05) is 6.92 Å². The number of benzene rings is 1. The molecule has 1 aromatic rings. The highest BCUT2D eigenvalue weighted by molar-refractivity contribution is 14.0. The van der Waals surface area contributed by atoms with Crippen LogP contribution in [0.15, 0.2) is 29.3 Å². The van der Waals surface area contributed by atoms with Crippen LogP contribution in [-0.2, 0) is 4.74 Å². The predicted octanol–water partition coefficient (Wildman–Crippen LogP) is 2.36. The van der Waals surface area contributed by atoms with Gasteiger partial charge in [-0.05, 0) is 51.0 Å². The van der Waals surface area contributed by atoms with Crippen LogP contribution in [0.5, 0.6) is 5.75 Å². The normalized spacial score (nSPS) is 15.7. The number of aliphatic hydroxyl groups excluding tert-OH is 1. The Hall–Kier alpha value is -1.82. The summed E-state index contributed by atoms with van der Waals surface area (Å²) in [5.74, 6) is 0.771. The highest BCUT2D eigenvalue weighted by Gasteiger charge is 2.24. The number of carbonyl (C=O) groups excluding carboxylic acids is 1. The molecule has 2 rings (SSSR count). The van der Waals surface area contributed by atoms with Crippen molar-refractivity contribution >= 4 is 36.0 Å². The van der Waals surface area contributed by atoms with Crippen LogP contribution in [0.1, 0.15) is 26.7 Å². The van der Waals surface area contributed by atoms with Gasteiger partial charge in [0.1, 0.15) is 24.3 Å². The second kappa shape index (κ2) is 14.2. The molecule has 10 heteroatoms. The number of amides is 1. The standard InChI is InChI=1S/C20H31FN4O4.HI/c1-3-22-19(24-16-9-11-25(12-10-16)20(27)28-4-2)23-13-17(26)14-29-18-7-5-15(21)6-8-18;/h5-8,16-17,26H,3-4,9-14H2,1-2H3,(H2,22,23,24);1H. The Bertz CT molecular complexity index is 655. The van der Waals surface area contributed by atoms with Crippen molar-refractivity contribution in [1.82, 2.24) is 15.5 Å². The van der Waals surface area contributed by atoms with E-state index in [4.69, 9.17) is 9.47 Å². The lowest BCUT2D eigenvalue weighted by Crippen LogP contribution is -2.50. The number of nitrogens with zero attached hydrogens (tertiary/aromatic N) is 2. The third kappa shape index (κ3) is 9.33. The summed E-state index contributed by atoms with van der Waals surface area (Å²) in [5, 5.41) is 16.6. The molecule has 1 saturated heterocycles. The smallest absolute Gasteiger partial charge is 0.409 e. The Labute approximate surface area is 194 Å². The Morgan fingerprint density at radius 2 is 1.97 bits per heavy atom. The summed E-state index contributed by atoms with van der Waals surface area (Å²) >= 11 is 0. The molecule has 3 N–H and O–H groups in total. The van der Waals surface area contributed by atoms with E-state index in [0.717, 1.165) is 12.8 Å². The molecule has 0 aliphatic carbocycles. The first-order valence-electron chi connectivity index (χ1n) is 10.0. The topological polar surface area (TPSA) is 95.4 Å². The summed E-state index contributed by atoms with van der Waals surface area (Å²) in [7, 11) is 0. The van der Waals surface area contributed by atoms with E-state index >= 15 is 0 Å². The highest BCUT2D eigenvalue weighted by atomic mass is 127. The lowest BCUT2D eigenvalue weighted by Gasteiger charge is -2.32. The van der Waals surface area contributed by atoms with Gasteiger partial charge in [-0.1, -0.05) is 0 Å². The molecule has 30 heavy (non-hydrogen) atoms. The van der Waals surface area contributed by atoms with Gasteiger partial charge in [0.25, 0.3) is 0 Å². The molecule has 0 saturated carbocycles. The first-order chi connectivity index (χ1) is 14.0. The Kier molecular flexibility index (Phi) is 12.4. The number of guanidine groups is 1. The third-order valence-electron chi connectivity index (χ3n) is 4.42. The lowest BCUT2D eigenvalue weighted by molar-refractivity contribution is 0.0962. The Morgan fingerprint density at radius 1 is 1.30 bits per heavy atom. The van der Waals surface area contributed by atoms with Crippen molar-refractivity contribution in [3.05, 3.63) is 30.1 Å². The van der Waals surface area contributed by atoms with Gasteiger partial charge in [-0.25, -0.2) is 9.18 Å². The molecule has 0 aromatic heterocycles. The third-order valence-corrected chi connectivity index (χ3v) is 4.42.